The van der Waals surface area contributed by atoms with Gasteiger partial charge in [-0.1, -0.05) is 23.4 Å². The summed E-state index contributed by atoms with van der Waals surface area (Å²) in [6.45, 7) is 3.42. The smallest absolute Gasteiger partial charge is 0.262 e. The summed E-state index contributed by atoms with van der Waals surface area (Å²) in [6.07, 6.45) is 0. The van der Waals surface area contributed by atoms with E-state index >= 15 is 0 Å². The second kappa shape index (κ2) is 6.29. The average Bonchev–Trinajstić information content (AvgIpc) is 3.07. The molecule has 2 aromatic heterocycles. The highest BCUT2D eigenvalue weighted by molar-refractivity contribution is 7.99. The van der Waals surface area contributed by atoms with E-state index in [9.17, 15) is 4.79 Å². The van der Waals surface area contributed by atoms with Crippen LogP contribution >= 0.6 is 23.3 Å². The molecule has 112 valence electrons. The van der Waals surface area contributed by atoms with Crippen molar-refractivity contribution >= 4 is 34.3 Å². The van der Waals surface area contributed by atoms with Crippen molar-refractivity contribution in [3.63, 3.8) is 0 Å². The summed E-state index contributed by atoms with van der Waals surface area (Å²) >= 11 is 2.59. The number of benzene rings is 1. The van der Waals surface area contributed by atoms with Crippen LogP contribution in [0.1, 0.15) is 21.8 Å². The van der Waals surface area contributed by atoms with Crippen molar-refractivity contribution < 1.29 is 9.32 Å². The molecule has 0 spiro atoms. The average molecular weight is 332 g/mol. The molecule has 1 aromatic carbocycles. The summed E-state index contributed by atoms with van der Waals surface area (Å²) < 4.78 is 9.22. The molecular formula is C14H12N4O2S2. The molecule has 1 N–H and O–H groups in total. The van der Waals surface area contributed by atoms with E-state index in [0.29, 0.717) is 27.3 Å². The van der Waals surface area contributed by atoms with Crippen molar-refractivity contribution in [3.8, 4) is 0 Å². The van der Waals surface area contributed by atoms with Gasteiger partial charge in [0.2, 0.25) is 10.3 Å². The summed E-state index contributed by atoms with van der Waals surface area (Å²) in [7, 11) is 0. The minimum Gasteiger partial charge on any atom is -0.361 e. The highest BCUT2D eigenvalue weighted by Gasteiger charge is 2.19. The molecule has 0 unspecified atom stereocenters. The fourth-order valence-electron chi connectivity index (χ4n) is 1.86. The maximum absolute atomic E-state index is 12.2. The predicted octanol–water partition coefficient (Wildman–Crippen LogP) is 3.55. The van der Waals surface area contributed by atoms with Gasteiger partial charge in [0.1, 0.15) is 11.3 Å². The van der Waals surface area contributed by atoms with Crippen LogP contribution in [0.15, 0.2) is 44.9 Å². The lowest BCUT2D eigenvalue weighted by Gasteiger charge is -1.99. The normalized spacial score (nSPS) is 10.6. The first-order valence-electron chi connectivity index (χ1n) is 6.44. The van der Waals surface area contributed by atoms with Gasteiger partial charge in [0.15, 0.2) is 0 Å². The SMILES string of the molecule is Cc1noc(C)c1C(=O)Nc1nc(Sc2ccccc2)ns1. The zero-order chi connectivity index (χ0) is 15.5. The van der Waals surface area contributed by atoms with Crippen molar-refractivity contribution in [2.75, 3.05) is 5.32 Å². The predicted molar refractivity (Wildman–Crippen MR) is 84.4 cm³/mol. The number of nitrogens with one attached hydrogen (secondary N) is 1. The third-order valence-electron chi connectivity index (χ3n) is 2.84. The van der Waals surface area contributed by atoms with Gasteiger partial charge in [-0.05, 0) is 37.7 Å². The van der Waals surface area contributed by atoms with Crippen molar-refractivity contribution in [2.24, 2.45) is 0 Å². The number of anilines is 1. The van der Waals surface area contributed by atoms with E-state index in [1.54, 1.807) is 13.8 Å². The molecule has 22 heavy (non-hydrogen) atoms. The number of carbonyl (C=O) groups is 1. The van der Waals surface area contributed by atoms with Gasteiger partial charge in [0, 0.05) is 16.4 Å². The van der Waals surface area contributed by atoms with E-state index in [4.69, 9.17) is 4.52 Å². The van der Waals surface area contributed by atoms with Gasteiger partial charge in [-0.25, -0.2) is 0 Å². The Labute approximate surface area is 135 Å². The summed E-state index contributed by atoms with van der Waals surface area (Å²) in [5, 5.41) is 7.54. The van der Waals surface area contributed by atoms with E-state index in [1.807, 2.05) is 30.3 Å². The lowest BCUT2D eigenvalue weighted by atomic mass is 10.2. The van der Waals surface area contributed by atoms with E-state index < -0.39 is 0 Å². The molecule has 0 saturated carbocycles. The first kappa shape index (κ1) is 14.7. The van der Waals surface area contributed by atoms with E-state index in [1.165, 1.54) is 11.8 Å². The van der Waals surface area contributed by atoms with E-state index in [0.717, 1.165) is 16.4 Å². The van der Waals surface area contributed by atoms with Gasteiger partial charge in [0.05, 0.1) is 5.69 Å². The molecule has 0 fully saturated rings. The van der Waals surface area contributed by atoms with E-state index in [2.05, 4.69) is 19.8 Å². The van der Waals surface area contributed by atoms with Crippen molar-refractivity contribution in [1.29, 1.82) is 0 Å². The molecule has 0 saturated heterocycles. The van der Waals surface area contributed by atoms with Gasteiger partial charge < -0.3 is 4.52 Å². The number of rotatable bonds is 4. The highest BCUT2D eigenvalue weighted by Crippen LogP contribution is 2.27. The maximum atomic E-state index is 12.2. The molecular weight excluding hydrogens is 320 g/mol. The van der Waals surface area contributed by atoms with Crippen LogP contribution in [0.2, 0.25) is 0 Å². The lowest BCUT2D eigenvalue weighted by Crippen LogP contribution is -2.13. The van der Waals surface area contributed by atoms with Crippen molar-refractivity contribution in [1.82, 2.24) is 14.5 Å². The first-order chi connectivity index (χ1) is 10.6. The number of carbonyl (C=O) groups excluding carboxylic acids is 1. The Balaban J connectivity index is 1.71. The Morgan fingerprint density at radius 1 is 1.27 bits per heavy atom. The highest BCUT2D eigenvalue weighted by atomic mass is 32.2. The van der Waals surface area contributed by atoms with Crippen LogP contribution in [0.3, 0.4) is 0 Å². The van der Waals surface area contributed by atoms with Gasteiger partial charge in [-0.2, -0.15) is 9.36 Å². The Morgan fingerprint density at radius 3 is 2.73 bits per heavy atom. The van der Waals surface area contributed by atoms with Gasteiger partial charge in [-0.3, -0.25) is 10.1 Å². The second-order valence-corrected chi connectivity index (χ2v) is 6.24. The molecule has 0 aliphatic carbocycles. The Hall–Kier alpha value is -2.19. The summed E-state index contributed by atoms with van der Waals surface area (Å²) in [5.41, 5.74) is 0.992. The minimum atomic E-state index is -0.288. The van der Waals surface area contributed by atoms with Crippen LogP contribution in [-0.2, 0) is 0 Å². The Morgan fingerprint density at radius 2 is 2.05 bits per heavy atom. The van der Waals surface area contributed by atoms with Crippen LogP contribution in [0.5, 0.6) is 0 Å². The molecule has 1 amide bonds. The minimum absolute atomic E-state index is 0.288. The van der Waals surface area contributed by atoms with E-state index in [-0.39, 0.29) is 5.91 Å². The second-order valence-electron chi connectivity index (χ2n) is 4.45. The number of hydrogen-bond acceptors (Lipinski definition) is 7. The molecule has 0 bridgehead atoms. The fraction of sp³-hybridized carbons (Fsp3) is 0.143. The number of aromatic nitrogens is 3. The number of nitrogens with zero attached hydrogens (tertiary/aromatic N) is 3. The monoisotopic (exact) mass is 332 g/mol. The zero-order valence-electron chi connectivity index (χ0n) is 11.9. The quantitative estimate of drug-likeness (QED) is 0.787. The number of amides is 1. The molecule has 8 heteroatoms. The number of hydrogen-bond donors (Lipinski definition) is 1. The molecule has 6 nitrogen and oxygen atoms in total. The standard InChI is InChI=1S/C14H12N4O2S2/c1-8-11(9(2)20-17-8)12(19)15-13-16-14(18-22-13)21-10-6-4-3-5-7-10/h3-7H,1-2H3,(H,15,16,18,19). The zero-order valence-corrected chi connectivity index (χ0v) is 13.5. The molecule has 0 radical (unpaired) electrons. The third-order valence-corrected chi connectivity index (χ3v) is 4.46. The van der Waals surface area contributed by atoms with Gasteiger partial charge >= 0.3 is 0 Å². The third kappa shape index (κ3) is 3.18. The molecule has 0 aliphatic rings. The van der Waals surface area contributed by atoms with Crippen molar-refractivity contribution in [3.05, 3.63) is 47.3 Å². The van der Waals surface area contributed by atoms with Crippen LogP contribution < -0.4 is 5.32 Å². The molecule has 3 aromatic rings. The first-order valence-corrected chi connectivity index (χ1v) is 8.03. The Kier molecular flexibility index (Phi) is 4.21. The molecule has 0 atom stereocenters. The Bertz CT molecular complexity index is 779. The van der Waals surface area contributed by atoms with Crippen LogP contribution in [0, 0.1) is 13.8 Å². The summed E-state index contributed by atoms with van der Waals surface area (Å²) in [4.78, 5) is 17.6. The van der Waals surface area contributed by atoms with Gasteiger partial charge in [-0.15, -0.1) is 0 Å². The van der Waals surface area contributed by atoms with Crippen LogP contribution in [0.4, 0.5) is 5.13 Å². The topological polar surface area (TPSA) is 80.9 Å². The largest absolute Gasteiger partial charge is 0.361 e. The summed E-state index contributed by atoms with van der Waals surface area (Å²) in [5.74, 6) is 0.196. The van der Waals surface area contributed by atoms with Crippen LogP contribution in [-0.4, -0.2) is 20.4 Å². The van der Waals surface area contributed by atoms with Crippen molar-refractivity contribution in [2.45, 2.75) is 23.9 Å². The summed E-state index contributed by atoms with van der Waals surface area (Å²) in [6, 6.07) is 9.82. The molecule has 3 rings (SSSR count). The lowest BCUT2D eigenvalue weighted by molar-refractivity contribution is 0.102. The maximum Gasteiger partial charge on any atom is 0.262 e. The number of aryl methyl sites for hydroxylation is 2. The fourth-order valence-corrected chi connectivity index (χ4v) is 3.29. The van der Waals surface area contributed by atoms with Crippen LogP contribution in [0.25, 0.3) is 0 Å². The van der Waals surface area contributed by atoms with Gasteiger partial charge in [0.25, 0.3) is 5.91 Å². The molecule has 2 heterocycles. The molecule has 0 aliphatic heterocycles.